The number of nitrogens with one attached hydrogen (secondary N) is 1. The van der Waals surface area contributed by atoms with Crippen molar-refractivity contribution >= 4 is 50.4 Å². The lowest BCUT2D eigenvalue weighted by Gasteiger charge is -2.50. The standard InChI is InChI=1S/C24H29N9O10S2/c1-24(2)19(21(35)33(24)43-45(38,39)40)30-20(34)18(16-12-44-23(26)29-16)31-42-17(22(36)37)11-41-14-4-5-15(27-9-14)13-8-28-32(10-13)7-3-6-25/h4-5,8-10,12,17,19H,3,6-7,11,25H2,1-2H3,(H2,26,29)(H,30,34)(H,36,37)(H,38,39,40). The minimum absolute atomic E-state index is 0.0512. The number of β-lactam (4-membered cyclic amide) rings is 1. The fourth-order valence-electron chi connectivity index (χ4n) is 3.96. The van der Waals surface area contributed by atoms with Crippen LogP contribution >= 0.6 is 11.3 Å². The Morgan fingerprint density at radius 1 is 1.29 bits per heavy atom. The van der Waals surface area contributed by atoms with Crippen LogP contribution in [0.1, 0.15) is 26.0 Å². The highest BCUT2D eigenvalue weighted by molar-refractivity contribution is 7.80. The van der Waals surface area contributed by atoms with E-state index in [0.717, 1.165) is 23.3 Å². The van der Waals surface area contributed by atoms with E-state index in [9.17, 15) is 27.9 Å². The third-order valence-corrected chi connectivity index (χ3v) is 7.32. The zero-order valence-corrected chi connectivity index (χ0v) is 25.4. The van der Waals surface area contributed by atoms with Crippen LogP contribution in [-0.4, -0.2) is 97.2 Å². The molecule has 0 radical (unpaired) electrons. The van der Waals surface area contributed by atoms with E-state index < -0.39 is 58.2 Å². The molecule has 4 heterocycles. The van der Waals surface area contributed by atoms with Gasteiger partial charge >= 0.3 is 16.4 Å². The minimum Gasteiger partial charge on any atom is -0.487 e. The van der Waals surface area contributed by atoms with Crippen molar-refractivity contribution in [2.75, 3.05) is 18.9 Å². The smallest absolute Gasteiger partial charge is 0.418 e. The molecule has 7 N–H and O–H groups in total. The molecule has 45 heavy (non-hydrogen) atoms. The average Bonchev–Trinajstić information content (AvgIpc) is 3.64. The van der Waals surface area contributed by atoms with Crippen LogP contribution in [0, 0.1) is 0 Å². The summed E-state index contributed by atoms with van der Waals surface area (Å²) in [6.07, 6.45) is 3.93. The van der Waals surface area contributed by atoms with Crippen molar-refractivity contribution in [2.45, 2.75) is 44.5 Å². The van der Waals surface area contributed by atoms with Crippen LogP contribution in [0.25, 0.3) is 11.3 Å². The normalized spacial score (nSPS) is 17.0. The summed E-state index contributed by atoms with van der Waals surface area (Å²) >= 11 is 0.950. The number of anilines is 1. The number of carbonyl (C=O) groups is 3. The third kappa shape index (κ3) is 8.07. The Hall–Kier alpha value is -4.70. The van der Waals surface area contributed by atoms with Gasteiger partial charge in [0.1, 0.15) is 24.1 Å². The predicted molar refractivity (Wildman–Crippen MR) is 156 cm³/mol. The van der Waals surface area contributed by atoms with E-state index in [1.54, 1.807) is 23.0 Å². The molecule has 1 aliphatic heterocycles. The first-order valence-corrected chi connectivity index (χ1v) is 15.3. The molecule has 0 aliphatic carbocycles. The van der Waals surface area contributed by atoms with E-state index in [2.05, 4.69) is 29.8 Å². The summed E-state index contributed by atoms with van der Waals surface area (Å²) in [6, 6.07) is 1.90. The molecular weight excluding hydrogens is 638 g/mol. The second-order valence-electron chi connectivity index (χ2n) is 9.96. The number of carboxylic acids is 1. The maximum Gasteiger partial charge on any atom is 0.418 e. The highest BCUT2D eigenvalue weighted by Gasteiger charge is 2.58. The number of carboxylic acid groups (broad SMARTS) is 1. The molecule has 2 unspecified atom stereocenters. The van der Waals surface area contributed by atoms with Crippen molar-refractivity contribution in [1.82, 2.24) is 30.1 Å². The number of pyridine rings is 1. The number of thiazole rings is 1. The Bertz CT molecular complexity index is 1690. The molecule has 3 aromatic rings. The Morgan fingerprint density at radius 3 is 2.62 bits per heavy atom. The number of nitrogen functional groups attached to an aromatic ring is 1. The lowest BCUT2D eigenvalue weighted by molar-refractivity contribution is -0.218. The van der Waals surface area contributed by atoms with Gasteiger partial charge in [-0.3, -0.25) is 23.8 Å². The number of carbonyl (C=O) groups excluding carboxylic acids is 2. The van der Waals surface area contributed by atoms with Gasteiger partial charge in [0, 0.05) is 23.7 Å². The van der Waals surface area contributed by atoms with Gasteiger partial charge in [-0.2, -0.15) is 18.6 Å². The SMILES string of the molecule is CC1(C)C(NC(=O)C(=NOC(COc2ccc(-c3cnn(CCCN)c3)nc2)C(=O)O)c2csc(N)n2)C(=O)N1OS(=O)(=O)O. The molecule has 2 atom stereocenters. The largest absolute Gasteiger partial charge is 0.487 e. The Balaban J connectivity index is 1.44. The van der Waals surface area contributed by atoms with Gasteiger partial charge in [-0.25, -0.2) is 9.78 Å². The summed E-state index contributed by atoms with van der Waals surface area (Å²) in [7, 11) is -5.02. The first-order valence-electron chi connectivity index (χ1n) is 13.0. The maximum atomic E-state index is 13.2. The minimum atomic E-state index is -5.02. The molecule has 21 heteroatoms. The Labute approximate surface area is 259 Å². The van der Waals surface area contributed by atoms with Gasteiger partial charge in [0.15, 0.2) is 10.8 Å². The van der Waals surface area contributed by atoms with Crippen LogP contribution in [0.3, 0.4) is 0 Å². The Morgan fingerprint density at radius 2 is 2.04 bits per heavy atom. The van der Waals surface area contributed by atoms with E-state index in [1.807, 2.05) is 6.20 Å². The summed E-state index contributed by atoms with van der Waals surface area (Å²) in [6.45, 7) is 3.37. The van der Waals surface area contributed by atoms with Crippen LogP contribution in [0.4, 0.5) is 5.13 Å². The fraction of sp³-hybridized carbons (Fsp3) is 0.375. The molecule has 0 spiro atoms. The van der Waals surface area contributed by atoms with E-state index in [0.29, 0.717) is 23.8 Å². The van der Waals surface area contributed by atoms with Gasteiger partial charge in [-0.05, 0) is 38.9 Å². The molecule has 1 fully saturated rings. The number of hydrogen-bond donors (Lipinski definition) is 5. The lowest BCUT2D eigenvalue weighted by Crippen LogP contribution is -2.76. The topological polar surface area (TPSA) is 277 Å². The van der Waals surface area contributed by atoms with Crippen LogP contribution in [0.15, 0.2) is 41.3 Å². The van der Waals surface area contributed by atoms with E-state index >= 15 is 0 Å². The van der Waals surface area contributed by atoms with E-state index in [-0.39, 0.29) is 16.6 Å². The summed E-state index contributed by atoms with van der Waals surface area (Å²) in [5, 5.41) is 21.7. The number of hydroxylamine groups is 2. The third-order valence-electron chi connectivity index (χ3n) is 6.31. The number of hydrogen-bond acceptors (Lipinski definition) is 15. The number of aryl methyl sites for hydroxylation is 1. The summed E-state index contributed by atoms with van der Waals surface area (Å²) < 4.78 is 42.6. The van der Waals surface area contributed by atoms with Crippen LogP contribution in [-0.2, 0) is 40.4 Å². The van der Waals surface area contributed by atoms with Gasteiger partial charge in [0.25, 0.3) is 17.9 Å². The molecule has 1 aliphatic rings. The van der Waals surface area contributed by atoms with Gasteiger partial charge in [-0.1, -0.05) is 5.16 Å². The van der Waals surface area contributed by atoms with Crippen LogP contribution in [0.5, 0.6) is 5.75 Å². The molecule has 2 amide bonds. The first kappa shape index (κ1) is 33.2. The Kier molecular flexibility index (Phi) is 9.97. The predicted octanol–water partition coefficient (Wildman–Crippen LogP) is -0.574. The molecule has 4 rings (SSSR count). The average molecular weight is 668 g/mol. The molecule has 19 nitrogen and oxygen atoms in total. The van der Waals surface area contributed by atoms with Crippen molar-refractivity contribution in [3.05, 3.63) is 41.8 Å². The quantitative estimate of drug-likeness (QED) is 0.0587. The van der Waals surface area contributed by atoms with Gasteiger partial charge in [0.2, 0.25) is 0 Å². The highest BCUT2D eigenvalue weighted by Crippen LogP contribution is 2.33. The molecule has 0 aromatic carbocycles. The van der Waals surface area contributed by atoms with Crippen molar-refractivity contribution in [3.63, 3.8) is 0 Å². The highest BCUT2D eigenvalue weighted by atomic mass is 32.3. The first-order chi connectivity index (χ1) is 21.2. The monoisotopic (exact) mass is 667 g/mol. The molecule has 0 saturated carbocycles. The number of nitrogens with two attached hydrogens (primary N) is 2. The summed E-state index contributed by atoms with van der Waals surface area (Å²) in [5.74, 6) is -3.28. The van der Waals surface area contributed by atoms with Crippen molar-refractivity contribution in [2.24, 2.45) is 10.9 Å². The van der Waals surface area contributed by atoms with E-state index in [4.69, 9.17) is 25.6 Å². The lowest BCUT2D eigenvalue weighted by atomic mass is 9.84. The van der Waals surface area contributed by atoms with Crippen molar-refractivity contribution in [3.8, 4) is 17.0 Å². The van der Waals surface area contributed by atoms with Crippen molar-refractivity contribution < 1.29 is 46.3 Å². The van der Waals surface area contributed by atoms with Gasteiger partial charge in [-0.15, -0.1) is 15.6 Å². The van der Waals surface area contributed by atoms with Crippen LogP contribution in [0.2, 0.25) is 0 Å². The number of rotatable bonds is 15. The number of aromatic nitrogens is 4. The van der Waals surface area contributed by atoms with Crippen molar-refractivity contribution in [1.29, 1.82) is 0 Å². The molecular formula is C24H29N9O10S2. The second-order valence-corrected chi connectivity index (χ2v) is 11.9. The molecule has 242 valence electrons. The number of oxime groups is 1. The zero-order valence-electron chi connectivity index (χ0n) is 23.8. The number of aliphatic carboxylic acids is 1. The van der Waals surface area contributed by atoms with Gasteiger partial charge in [0.05, 0.1) is 23.6 Å². The number of amides is 2. The van der Waals surface area contributed by atoms with E-state index in [1.165, 1.54) is 25.4 Å². The molecule has 3 aromatic heterocycles. The zero-order chi connectivity index (χ0) is 32.9. The van der Waals surface area contributed by atoms with Gasteiger partial charge < -0.3 is 31.5 Å². The fourth-order valence-corrected chi connectivity index (χ4v) is 4.96. The second kappa shape index (κ2) is 13.5. The maximum absolute atomic E-state index is 13.2. The number of nitrogens with zero attached hydrogens (tertiary/aromatic N) is 6. The molecule has 1 saturated heterocycles. The van der Waals surface area contributed by atoms with Crippen LogP contribution < -0.4 is 21.5 Å². The summed E-state index contributed by atoms with van der Waals surface area (Å²) in [5.41, 5.74) is 10.5. The number of ether oxygens (including phenoxy) is 1. The molecule has 0 bridgehead atoms. The summed E-state index contributed by atoms with van der Waals surface area (Å²) in [4.78, 5) is 51.0.